The SMILES string of the molecule is [2H]c1cc2c(oc3c(-c4ccc(C([2H])([2H])C([2H])([2H])c5cc(C([2H])([2H])C([2H])([2H])c6ccc(-c7ccccc7)nc6)cc(C([2H])([2H])C([2H])([2H])c6ccc(-c7ccccc7)nc6)c5)cn4)cccc32)c(C(C)(C)C)c1F. The van der Waals surface area contributed by atoms with Crippen LogP contribution in [0.2, 0.25) is 0 Å². The lowest BCUT2D eigenvalue weighted by Crippen LogP contribution is -2.13. The number of halogens is 1. The number of pyridine rings is 3. The third-order valence-corrected chi connectivity index (χ3v) is 9.99. The third-order valence-electron chi connectivity index (χ3n) is 9.99. The zero-order chi connectivity index (χ0) is 52.7. The molecule has 0 aliphatic carbocycles. The summed E-state index contributed by atoms with van der Waals surface area (Å²) in [6.45, 7) is 5.45. The van der Waals surface area contributed by atoms with E-state index in [0.717, 1.165) is 35.5 Å². The molecule has 0 aliphatic heterocycles. The first kappa shape index (κ1) is 26.4. The van der Waals surface area contributed by atoms with Crippen LogP contribution in [-0.4, -0.2) is 15.0 Å². The Bertz CT molecular complexity index is 3380. The molecular formula is C55H48FN3O. The number of aromatic nitrogens is 3. The summed E-state index contributed by atoms with van der Waals surface area (Å²) in [6, 6.07) is 35.9. The molecule has 296 valence electrons. The molecule has 0 aliphatic rings. The van der Waals surface area contributed by atoms with Crippen molar-refractivity contribution in [1.29, 1.82) is 0 Å². The largest absolute Gasteiger partial charge is 0.455 e. The van der Waals surface area contributed by atoms with E-state index in [0.29, 0.717) is 39.0 Å². The molecule has 0 amide bonds. The molecule has 0 unspecified atom stereocenters. The average molecular weight is 799 g/mol. The van der Waals surface area contributed by atoms with Crippen LogP contribution in [0.4, 0.5) is 4.39 Å². The number of para-hydroxylation sites is 1. The molecule has 0 spiro atoms. The minimum absolute atomic E-state index is 0.196. The van der Waals surface area contributed by atoms with E-state index in [1.54, 1.807) is 18.2 Å². The van der Waals surface area contributed by atoms with Crippen LogP contribution in [0.1, 0.15) is 77.5 Å². The van der Waals surface area contributed by atoms with Gasteiger partial charge in [0.05, 0.1) is 18.5 Å². The predicted octanol–water partition coefficient (Wildman–Crippen LogP) is 13.6. The van der Waals surface area contributed by atoms with E-state index in [1.807, 2.05) is 81.4 Å². The maximum Gasteiger partial charge on any atom is 0.144 e. The summed E-state index contributed by atoms with van der Waals surface area (Å²) in [7, 11) is 0. The van der Waals surface area contributed by atoms with Gasteiger partial charge >= 0.3 is 0 Å². The number of furan rings is 1. The molecule has 0 saturated carbocycles. The van der Waals surface area contributed by atoms with Crippen molar-refractivity contribution in [3.05, 3.63) is 209 Å². The summed E-state index contributed by atoms with van der Waals surface area (Å²) in [5, 5.41) is 1.12. The normalized spacial score (nSPS) is 16.4. The van der Waals surface area contributed by atoms with Crippen LogP contribution in [0.3, 0.4) is 0 Å². The fourth-order valence-electron chi connectivity index (χ4n) is 7.05. The molecule has 4 aromatic heterocycles. The molecule has 0 bridgehead atoms. The fourth-order valence-corrected chi connectivity index (χ4v) is 7.05. The molecular weight excluding hydrogens is 738 g/mol. The standard InChI is InChI=1S/C55H48FN3O/c1-55(2,3)52-48(56)27-26-46-45-15-10-16-47(53(45)60-54(46)52)51-30-25-39(36-59-51)19-22-42-32-40(20-17-37-23-28-49(57-34-37)43-11-6-4-7-12-43)31-41(33-42)21-18-38-24-29-50(58-35-38)44-13-8-5-9-14-44/h4-16,23-36H,17-22H2,1-3H3/i17D2,18D2,19D2,20D2,21D2,22D2,27D. The van der Waals surface area contributed by atoms with Gasteiger partial charge in [-0.05, 0) is 113 Å². The highest BCUT2D eigenvalue weighted by atomic mass is 19.1. The van der Waals surface area contributed by atoms with Crippen molar-refractivity contribution in [3.8, 4) is 33.8 Å². The molecule has 9 aromatic rings. The zero-order valence-electron chi connectivity index (χ0n) is 46.1. The van der Waals surface area contributed by atoms with Gasteiger partial charge in [0.15, 0.2) is 0 Å². The average Bonchev–Trinajstić information content (AvgIpc) is 3.74. The fraction of sp³-hybridized carbons (Fsp3) is 0.182. The number of nitrogens with zero attached hydrogens (tertiary/aromatic N) is 3. The van der Waals surface area contributed by atoms with Crippen molar-refractivity contribution in [1.82, 2.24) is 15.0 Å². The summed E-state index contributed by atoms with van der Waals surface area (Å²) in [4.78, 5) is 13.3. The number of hydrogen-bond acceptors (Lipinski definition) is 4. The van der Waals surface area contributed by atoms with Gasteiger partial charge in [-0.1, -0.05) is 130 Å². The second-order valence-electron chi connectivity index (χ2n) is 15.3. The number of hydrogen-bond donors (Lipinski definition) is 0. The van der Waals surface area contributed by atoms with E-state index >= 15 is 4.39 Å². The van der Waals surface area contributed by atoms with Gasteiger partial charge in [-0.25, -0.2) is 4.39 Å². The summed E-state index contributed by atoms with van der Waals surface area (Å²) in [5.74, 6) is -0.695. The molecule has 5 heteroatoms. The highest BCUT2D eigenvalue weighted by Crippen LogP contribution is 2.40. The number of aryl methyl sites for hydroxylation is 6. The minimum Gasteiger partial charge on any atom is -0.455 e. The molecule has 0 N–H and O–H groups in total. The molecule has 9 rings (SSSR count). The summed E-state index contributed by atoms with van der Waals surface area (Å²) < 4.78 is 143. The third kappa shape index (κ3) is 8.53. The van der Waals surface area contributed by atoms with Gasteiger partial charge in [-0.2, -0.15) is 0 Å². The van der Waals surface area contributed by atoms with Gasteiger partial charge in [0.1, 0.15) is 17.0 Å². The van der Waals surface area contributed by atoms with Crippen LogP contribution in [0.15, 0.2) is 169 Å². The molecule has 0 saturated heterocycles. The molecule has 5 aromatic carbocycles. The van der Waals surface area contributed by atoms with Crippen molar-refractivity contribution in [2.24, 2.45) is 0 Å². The summed E-state index contributed by atoms with van der Waals surface area (Å²) in [6.07, 6.45) is -14.7. The second-order valence-corrected chi connectivity index (χ2v) is 15.3. The Morgan fingerprint density at radius 2 is 0.950 bits per heavy atom. The van der Waals surface area contributed by atoms with Crippen LogP contribution < -0.4 is 0 Å². The van der Waals surface area contributed by atoms with Gasteiger partial charge in [0.2, 0.25) is 0 Å². The second kappa shape index (κ2) is 16.9. The van der Waals surface area contributed by atoms with Crippen LogP contribution in [0.5, 0.6) is 0 Å². The Balaban J connectivity index is 1.13. The summed E-state index contributed by atoms with van der Waals surface area (Å²) in [5.41, 5.74) is 0.877. The van der Waals surface area contributed by atoms with Gasteiger partial charge in [0, 0.05) is 68.1 Å². The Morgan fingerprint density at radius 3 is 1.40 bits per heavy atom. The van der Waals surface area contributed by atoms with Crippen LogP contribution in [-0.2, 0) is 43.7 Å². The van der Waals surface area contributed by atoms with Crippen molar-refractivity contribution in [2.75, 3.05) is 0 Å². The number of rotatable bonds is 12. The van der Waals surface area contributed by atoms with E-state index in [1.165, 1.54) is 54.9 Å². The smallest absolute Gasteiger partial charge is 0.144 e. The quantitative estimate of drug-likeness (QED) is 0.124. The van der Waals surface area contributed by atoms with Gasteiger partial charge in [0.25, 0.3) is 0 Å². The van der Waals surface area contributed by atoms with Crippen molar-refractivity contribution in [3.63, 3.8) is 0 Å². The monoisotopic (exact) mass is 798 g/mol. The Morgan fingerprint density at radius 1 is 0.500 bits per heavy atom. The number of benzene rings is 5. The Kier molecular flexibility index (Phi) is 7.42. The van der Waals surface area contributed by atoms with Crippen LogP contribution >= 0.6 is 0 Å². The maximum absolute atomic E-state index is 15.5. The minimum atomic E-state index is -3.15. The topological polar surface area (TPSA) is 51.8 Å². The highest BCUT2D eigenvalue weighted by molar-refractivity contribution is 6.10. The lowest BCUT2D eigenvalue weighted by molar-refractivity contribution is 0.515. The van der Waals surface area contributed by atoms with Crippen molar-refractivity contribution in [2.45, 2.75) is 64.4 Å². The molecule has 4 nitrogen and oxygen atoms in total. The zero-order valence-corrected chi connectivity index (χ0v) is 33.1. The first-order valence-corrected chi connectivity index (χ1v) is 19.5. The molecule has 0 fully saturated rings. The number of fused-ring (bicyclic) bond motifs is 3. The van der Waals surface area contributed by atoms with Crippen molar-refractivity contribution >= 4 is 21.9 Å². The highest BCUT2D eigenvalue weighted by Gasteiger charge is 2.26. The molecule has 0 radical (unpaired) electrons. The van der Waals surface area contributed by atoms with Crippen molar-refractivity contribution < 1.29 is 26.6 Å². The molecule has 0 atom stereocenters. The van der Waals surface area contributed by atoms with E-state index < -0.39 is 66.2 Å². The van der Waals surface area contributed by atoms with Gasteiger partial charge in [-0.3, -0.25) is 15.0 Å². The van der Waals surface area contributed by atoms with Gasteiger partial charge < -0.3 is 4.42 Å². The Hall–Kier alpha value is -6.72. The lowest BCUT2D eigenvalue weighted by atomic mass is 9.85. The van der Waals surface area contributed by atoms with Gasteiger partial charge in [-0.15, -0.1) is 0 Å². The maximum atomic E-state index is 15.5. The van der Waals surface area contributed by atoms with E-state index in [9.17, 15) is 16.4 Å². The van der Waals surface area contributed by atoms with Crippen LogP contribution in [0.25, 0.3) is 55.7 Å². The molecule has 4 heterocycles. The lowest BCUT2D eigenvalue weighted by Gasteiger charge is -2.19. The first-order valence-electron chi connectivity index (χ1n) is 26.0. The first-order chi connectivity index (χ1) is 34.2. The van der Waals surface area contributed by atoms with E-state index in [2.05, 4.69) is 15.0 Å². The summed E-state index contributed by atoms with van der Waals surface area (Å²) >= 11 is 0. The Labute approximate surface area is 370 Å². The molecule has 60 heavy (non-hydrogen) atoms. The van der Waals surface area contributed by atoms with E-state index in [-0.39, 0.29) is 33.9 Å². The predicted molar refractivity (Wildman–Crippen MR) is 244 cm³/mol. The van der Waals surface area contributed by atoms with Crippen LogP contribution in [0, 0.1) is 5.82 Å². The van der Waals surface area contributed by atoms with E-state index in [4.69, 9.17) is 5.79 Å².